The molecule has 2 nitrogen and oxygen atoms in total. The molecular weight excluding hydrogens is 162 g/mol. The second kappa shape index (κ2) is 3.69. The van der Waals surface area contributed by atoms with Crippen LogP contribution in [0.4, 0.5) is 0 Å². The van der Waals surface area contributed by atoms with Crippen molar-refractivity contribution in [2.75, 3.05) is 0 Å². The maximum absolute atomic E-state index is 10.5. The highest BCUT2D eigenvalue weighted by Crippen LogP contribution is 2.31. The first-order valence-electron chi connectivity index (χ1n) is 4.79. The Bertz CT molecular complexity index is 309. The van der Waals surface area contributed by atoms with E-state index in [0.717, 1.165) is 24.8 Å². The zero-order valence-corrected chi connectivity index (χ0v) is 7.57. The van der Waals surface area contributed by atoms with Crippen molar-refractivity contribution in [1.82, 2.24) is 4.98 Å². The third-order valence-corrected chi connectivity index (χ3v) is 2.69. The van der Waals surface area contributed by atoms with Gasteiger partial charge in [-0.2, -0.15) is 0 Å². The molecule has 1 aliphatic carbocycles. The van der Waals surface area contributed by atoms with Gasteiger partial charge in [-0.15, -0.1) is 0 Å². The molecule has 0 amide bonds. The molecule has 1 aromatic heterocycles. The van der Waals surface area contributed by atoms with Gasteiger partial charge in [-0.25, -0.2) is 0 Å². The third kappa shape index (κ3) is 1.62. The summed E-state index contributed by atoms with van der Waals surface area (Å²) in [6.45, 7) is 0. The number of fused-ring (bicyclic) bond motifs is 1. The number of nitrogens with zero attached hydrogens (tertiary/aromatic N) is 1. The Labute approximate surface area is 78.0 Å². The van der Waals surface area contributed by atoms with E-state index in [1.165, 1.54) is 12.0 Å². The van der Waals surface area contributed by atoms with Gasteiger partial charge in [0.25, 0.3) is 0 Å². The van der Waals surface area contributed by atoms with Crippen molar-refractivity contribution in [1.29, 1.82) is 0 Å². The Morgan fingerprint density at radius 3 is 3.38 bits per heavy atom. The lowest BCUT2D eigenvalue weighted by Gasteiger charge is -2.22. The summed E-state index contributed by atoms with van der Waals surface area (Å²) in [4.78, 5) is 14.8. The predicted octanol–water partition coefficient (Wildman–Crippen LogP) is 2.09. The molecule has 0 fully saturated rings. The van der Waals surface area contributed by atoms with Gasteiger partial charge >= 0.3 is 0 Å². The maximum Gasteiger partial charge on any atom is 0.120 e. The van der Waals surface area contributed by atoms with Crippen LogP contribution >= 0.6 is 0 Å². The lowest BCUT2D eigenvalue weighted by Crippen LogP contribution is -2.11. The molecule has 0 aliphatic heterocycles. The van der Waals surface area contributed by atoms with Gasteiger partial charge in [0.15, 0.2) is 0 Å². The van der Waals surface area contributed by atoms with Crippen LogP contribution in [0.15, 0.2) is 18.3 Å². The van der Waals surface area contributed by atoms with Gasteiger partial charge in [-0.1, -0.05) is 6.07 Å². The number of rotatable bonds is 2. The first kappa shape index (κ1) is 8.42. The van der Waals surface area contributed by atoms with Crippen LogP contribution in [0.5, 0.6) is 0 Å². The number of hydrogen-bond donors (Lipinski definition) is 0. The van der Waals surface area contributed by atoms with Crippen LogP contribution in [0.25, 0.3) is 0 Å². The van der Waals surface area contributed by atoms with Gasteiger partial charge in [0.2, 0.25) is 0 Å². The van der Waals surface area contributed by atoms with Gasteiger partial charge in [0.1, 0.15) is 6.29 Å². The Hall–Kier alpha value is -1.18. The lowest BCUT2D eigenvalue weighted by atomic mass is 9.85. The van der Waals surface area contributed by atoms with Crippen LogP contribution in [-0.2, 0) is 11.2 Å². The number of hydrogen-bond acceptors (Lipinski definition) is 2. The Balaban J connectivity index is 2.31. The quantitative estimate of drug-likeness (QED) is 0.644. The molecule has 0 saturated heterocycles. The van der Waals surface area contributed by atoms with E-state index in [1.54, 1.807) is 0 Å². The van der Waals surface area contributed by atoms with E-state index in [-0.39, 0.29) is 0 Å². The average molecular weight is 175 g/mol. The number of carbonyl (C=O) groups is 1. The fourth-order valence-corrected chi connectivity index (χ4v) is 2.05. The number of pyridine rings is 1. The summed E-state index contributed by atoms with van der Waals surface area (Å²) in [5.41, 5.74) is 2.49. The second-order valence-electron chi connectivity index (χ2n) is 3.54. The summed E-state index contributed by atoms with van der Waals surface area (Å²) in [7, 11) is 0. The van der Waals surface area contributed by atoms with Crippen LogP contribution in [0.2, 0.25) is 0 Å². The van der Waals surface area contributed by atoms with Crippen LogP contribution in [-0.4, -0.2) is 11.3 Å². The Morgan fingerprint density at radius 1 is 1.62 bits per heavy atom. The Kier molecular flexibility index (Phi) is 2.39. The van der Waals surface area contributed by atoms with Gasteiger partial charge in [0, 0.05) is 24.2 Å². The van der Waals surface area contributed by atoms with E-state index in [0.29, 0.717) is 12.3 Å². The minimum Gasteiger partial charge on any atom is -0.303 e. The van der Waals surface area contributed by atoms with Crippen molar-refractivity contribution in [3.8, 4) is 0 Å². The molecule has 0 N–H and O–H groups in total. The molecule has 2 rings (SSSR count). The highest BCUT2D eigenvalue weighted by molar-refractivity contribution is 5.51. The first-order chi connectivity index (χ1) is 6.42. The van der Waals surface area contributed by atoms with E-state index < -0.39 is 0 Å². The molecule has 0 radical (unpaired) electrons. The van der Waals surface area contributed by atoms with E-state index >= 15 is 0 Å². The summed E-state index contributed by atoms with van der Waals surface area (Å²) < 4.78 is 0. The molecular formula is C11H13NO. The summed E-state index contributed by atoms with van der Waals surface area (Å²) in [6, 6.07) is 4.10. The Morgan fingerprint density at radius 2 is 2.54 bits per heavy atom. The fraction of sp³-hybridized carbons (Fsp3) is 0.455. The molecule has 0 aromatic carbocycles. The molecule has 1 atom stereocenters. The topological polar surface area (TPSA) is 30.0 Å². The standard InChI is InChI=1S/C11H13NO/c13-8-6-10-4-1-3-9-5-2-7-12-11(9)10/h2,5,7-8,10H,1,3-4,6H2. The van der Waals surface area contributed by atoms with E-state index in [4.69, 9.17) is 0 Å². The van der Waals surface area contributed by atoms with Crippen molar-refractivity contribution < 1.29 is 4.79 Å². The van der Waals surface area contributed by atoms with Crippen molar-refractivity contribution in [2.45, 2.75) is 31.6 Å². The molecule has 68 valence electrons. The maximum atomic E-state index is 10.5. The van der Waals surface area contributed by atoms with E-state index in [2.05, 4.69) is 11.1 Å². The molecule has 2 heteroatoms. The van der Waals surface area contributed by atoms with Crippen LogP contribution < -0.4 is 0 Å². The largest absolute Gasteiger partial charge is 0.303 e. The lowest BCUT2D eigenvalue weighted by molar-refractivity contribution is -0.108. The zero-order valence-electron chi connectivity index (χ0n) is 7.57. The molecule has 0 spiro atoms. The number of aldehydes is 1. The minimum absolute atomic E-state index is 0.377. The van der Waals surface area contributed by atoms with Crippen LogP contribution in [0.3, 0.4) is 0 Å². The highest BCUT2D eigenvalue weighted by atomic mass is 16.1. The molecule has 13 heavy (non-hydrogen) atoms. The smallest absolute Gasteiger partial charge is 0.120 e. The van der Waals surface area contributed by atoms with Crippen LogP contribution in [0.1, 0.15) is 36.4 Å². The van der Waals surface area contributed by atoms with Gasteiger partial charge in [-0.05, 0) is 30.9 Å². The number of aryl methyl sites for hydroxylation is 1. The normalized spacial score (nSPS) is 20.8. The van der Waals surface area contributed by atoms with Crippen LogP contribution in [0, 0.1) is 0 Å². The van der Waals surface area contributed by atoms with E-state index in [1.807, 2.05) is 12.3 Å². The van der Waals surface area contributed by atoms with Gasteiger partial charge in [-0.3, -0.25) is 4.98 Å². The number of carbonyl (C=O) groups excluding carboxylic acids is 1. The first-order valence-corrected chi connectivity index (χ1v) is 4.79. The van der Waals surface area contributed by atoms with Crippen molar-refractivity contribution in [2.24, 2.45) is 0 Å². The van der Waals surface area contributed by atoms with Gasteiger partial charge < -0.3 is 4.79 Å². The number of aromatic nitrogens is 1. The molecule has 1 aromatic rings. The molecule has 0 saturated carbocycles. The molecule has 1 heterocycles. The zero-order chi connectivity index (χ0) is 9.10. The second-order valence-corrected chi connectivity index (χ2v) is 3.54. The average Bonchev–Trinajstić information content (AvgIpc) is 2.19. The highest BCUT2D eigenvalue weighted by Gasteiger charge is 2.20. The summed E-state index contributed by atoms with van der Waals surface area (Å²) in [6.07, 6.45) is 6.89. The van der Waals surface area contributed by atoms with E-state index in [9.17, 15) is 4.79 Å². The fourth-order valence-electron chi connectivity index (χ4n) is 2.05. The predicted molar refractivity (Wildman–Crippen MR) is 50.6 cm³/mol. The molecule has 0 bridgehead atoms. The summed E-state index contributed by atoms with van der Waals surface area (Å²) >= 11 is 0. The monoisotopic (exact) mass is 175 g/mol. The van der Waals surface area contributed by atoms with Crippen molar-refractivity contribution >= 4 is 6.29 Å². The third-order valence-electron chi connectivity index (χ3n) is 2.69. The summed E-state index contributed by atoms with van der Waals surface area (Å²) in [5.74, 6) is 0.377. The SMILES string of the molecule is O=CCC1CCCc2cccnc21. The minimum atomic E-state index is 0.377. The molecule has 1 aliphatic rings. The van der Waals surface area contributed by atoms with Gasteiger partial charge in [0.05, 0.1) is 0 Å². The summed E-state index contributed by atoms with van der Waals surface area (Å²) in [5, 5.41) is 0. The van der Waals surface area contributed by atoms with Crippen molar-refractivity contribution in [3.05, 3.63) is 29.6 Å². The van der Waals surface area contributed by atoms with Crippen molar-refractivity contribution in [3.63, 3.8) is 0 Å². The molecule has 1 unspecified atom stereocenters.